The van der Waals surface area contributed by atoms with Crippen LogP contribution in [0.15, 0.2) is 22.4 Å². The summed E-state index contributed by atoms with van der Waals surface area (Å²) in [7, 11) is 0. The van der Waals surface area contributed by atoms with Gasteiger partial charge in [0.05, 0.1) is 5.39 Å². The van der Waals surface area contributed by atoms with E-state index in [2.05, 4.69) is 37.4 Å². The Labute approximate surface area is 182 Å². The quantitative estimate of drug-likeness (QED) is 0.209. The van der Waals surface area contributed by atoms with Gasteiger partial charge in [-0.05, 0) is 65.6 Å². The van der Waals surface area contributed by atoms with Crippen LogP contribution in [-0.2, 0) is 0 Å². The number of hydrogen-bond donors (Lipinski definition) is 0. The van der Waals surface area contributed by atoms with Crippen LogP contribution in [0.25, 0.3) is 10.9 Å². The summed E-state index contributed by atoms with van der Waals surface area (Å²) in [6, 6.07) is 0.375. The lowest BCUT2D eigenvalue weighted by atomic mass is 9.87. The number of aromatic nitrogens is 3. The molecule has 0 radical (unpaired) electrons. The molecule has 2 bridgehead atoms. The number of rotatable bonds is 6. The zero-order valence-corrected chi connectivity index (χ0v) is 19.0. The van der Waals surface area contributed by atoms with Crippen LogP contribution in [0.1, 0.15) is 39.0 Å². The highest BCUT2D eigenvalue weighted by Gasteiger charge is 2.41. The SMILES string of the molecule is C=CCC[C@@H]1[C@@H]2CC[C@@H](C2)CN1c1nc(SCC)nc2c(F)c(Cl)nc(Br)c12. The summed E-state index contributed by atoms with van der Waals surface area (Å²) in [5.41, 5.74) is 0.244. The average molecular weight is 486 g/mol. The van der Waals surface area contributed by atoms with Crippen molar-refractivity contribution in [1.82, 2.24) is 15.0 Å². The van der Waals surface area contributed by atoms with Crippen LogP contribution >= 0.6 is 39.3 Å². The maximum absolute atomic E-state index is 14.9. The van der Waals surface area contributed by atoms with Crippen molar-refractivity contribution < 1.29 is 4.39 Å². The summed E-state index contributed by atoms with van der Waals surface area (Å²) in [5.74, 6) is 2.33. The lowest BCUT2D eigenvalue weighted by Gasteiger charge is -2.41. The van der Waals surface area contributed by atoms with Crippen molar-refractivity contribution in [1.29, 1.82) is 0 Å². The van der Waals surface area contributed by atoms with Crippen LogP contribution in [0.5, 0.6) is 0 Å². The number of hydrogen-bond acceptors (Lipinski definition) is 5. The van der Waals surface area contributed by atoms with Gasteiger partial charge in [-0.1, -0.05) is 36.4 Å². The van der Waals surface area contributed by atoms with E-state index in [0.29, 0.717) is 33.0 Å². The molecule has 28 heavy (non-hydrogen) atoms. The van der Waals surface area contributed by atoms with Gasteiger partial charge >= 0.3 is 0 Å². The third kappa shape index (κ3) is 3.65. The van der Waals surface area contributed by atoms with Gasteiger partial charge in [-0.25, -0.2) is 19.3 Å². The average Bonchev–Trinajstić information content (AvgIpc) is 3.07. The lowest BCUT2D eigenvalue weighted by molar-refractivity contribution is 0.319. The van der Waals surface area contributed by atoms with Gasteiger partial charge in [0, 0.05) is 12.6 Å². The molecule has 3 heterocycles. The van der Waals surface area contributed by atoms with Gasteiger partial charge in [0.25, 0.3) is 0 Å². The molecule has 4 nitrogen and oxygen atoms in total. The molecule has 2 aliphatic rings. The predicted molar refractivity (Wildman–Crippen MR) is 118 cm³/mol. The van der Waals surface area contributed by atoms with Gasteiger partial charge in [0.1, 0.15) is 15.9 Å². The van der Waals surface area contributed by atoms with E-state index >= 15 is 0 Å². The number of fused-ring (bicyclic) bond motifs is 3. The Morgan fingerprint density at radius 2 is 2.18 bits per heavy atom. The van der Waals surface area contributed by atoms with Gasteiger partial charge in [0.15, 0.2) is 16.1 Å². The van der Waals surface area contributed by atoms with E-state index in [0.717, 1.165) is 31.0 Å². The minimum Gasteiger partial charge on any atom is -0.352 e. The summed E-state index contributed by atoms with van der Waals surface area (Å²) in [6.07, 6.45) is 7.75. The van der Waals surface area contributed by atoms with Crippen LogP contribution in [0.3, 0.4) is 0 Å². The summed E-state index contributed by atoms with van der Waals surface area (Å²) in [4.78, 5) is 15.9. The van der Waals surface area contributed by atoms with Crippen LogP contribution < -0.4 is 4.90 Å². The van der Waals surface area contributed by atoms with Gasteiger partial charge in [-0.2, -0.15) is 0 Å². The molecule has 2 aromatic heterocycles. The third-order valence-electron chi connectivity index (χ3n) is 5.85. The molecule has 1 saturated carbocycles. The van der Waals surface area contributed by atoms with Crippen molar-refractivity contribution in [3.05, 3.63) is 28.2 Å². The van der Waals surface area contributed by atoms with E-state index in [4.69, 9.17) is 16.6 Å². The zero-order chi connectivity index (χ0) is 19.8. The summed E-state index contributed by atoms with van der Waals surface area (Å²) >= 11 is 11.0. The highest BCUT2D eigenvalue weighted by Crippen LogP contribution is 2.45. The first-order chi connectivity index (χ1) is 13.5. The van der Waals surface area contributed by atoms with Gasteiger partial charge in [0.2, 0.25) is 0 Å². The highest BCUT2D eigenvalue weighted by atomic mass is 79.9. The van der Waals surface area contributed by atoms with Crippen molar-refractivity contribution in [2.75, 3.05) is 17.2 Å². The fourth-order valence-corrected chi connectivity index (χ4v) is 6.07. The normalized spacial score (nSPS) is 24.1. The topological polar surface area (TPSA) is 41.9 Å². The Bertz CT molecular complexity index is 912. The Hall–Kier alpha value is -0.920. The Balaban J connectivity index is 1.90. The molecule has 1 aliphatic heterocycles. The molecule has 8 heteroatoms. The number of anilines is 1. The van der Waals surface area contributed by atoms with Crippen molar-refractivity contribution in [2.45, 2.75) is 50.2 Å². The standard InChI is InChI=1S/C20H23BrClFN4S/c1-3-5-6-13-12-8-7-11(9-12)10-27(13)19-14-16(24-20(26-19)28-4-2)15(23)18(22)25-17(14)21/h3,11-13H,1,4-10H2,2H3/t11-,12+,13+/m0/s1. The maximum Gasteiger partial charge on any atom is 0.190 e. The molecule has 0 amide bonds. The molecular weight excluding hydrogens is 463 g/mol. The second-order valence-corrected chi connectivity index (χ2v) is 9.86. The molecule has 0 spiro atoms. The van der Waals surface area contributed by atoms with E-state index < -0.39 is 5.82 Å². The van der Waals surface area contributed by atoms with Crippen molar-refractivity contribution in [3.8, 4) is 0 Å². The first-order valence-corrected chi connectivity index (χ1v) is 11.9. The number of piperidine rings is 1. The van der Waals surface area contributed by atoms with E-state index in [9.17, 15) is 4.39 Å². The number of allylic oxidation sites excluding steroid dienone is 1. The minimum atomic E-state index is -0.580. The summed E-state index contributed by atoms with van der Waals surface area (Å²) in [6.45, 7) is 6.88. The van der Waals surface area contributed by atoms with Crippen LogP contribution in [0.4, 0.5) is 10.2 Å². The van der Waals surface area contributed by atoms with Crippen molar-refractivity contribution in [3.63, 3.8) is 0 Å². The molecular formula is C20H23BrClFN4S. The lowest BCUT2D eigenvalue weighted by Crippen LogP contribution is -2.46. The summed E-state index contributed by atoms with van der Waals surface area (Å²) < 4.78 is 15.4. The molecule has 0 aromatic carbocycles. The van der Waals surface area contributed by atoms with E-state index in [1.165, 1.54) is 31.0 Å². The zero-order valence-electron chi connectivity index (χ0n) is 15.8. The number of thioether (sulfide) groups is 1. The van der Waals surface area contributed by atoms with E-state index in [-0.39, 0.29) is 10.7 Å². The molecule has 1 saturated heterocycles. The van der Waals surface area contributed by atoms with Gasteiger partial charge < -0.3 is 4.90 Å². The first kappa shape index (κ1) is 20.4. The molecule has 2 fully saturated rings. The van der Waals surface area contributed by atoms with Crippen molar-refractivity contribution >= 4 is 56.0 Å². The molecule has 1 aliphatic carbocycles. The largest absolute Gasteiger partial charge is 0.352 e. The smallest absolute Gasteiger partial charge is 0.190 e. The van der Waals surface area contributed by atoms with E-state index in [1.807, 2.05) is 13.0 Å². The monoisotopic (exact) mass is 484 g/mol. The predicted octanol–water partition coefficient (Wildman–Crippen LogP) is 6.26. The maximum atomic E-state index is 14.9. The summed E-state index contributed by atoms with van der Waals surface area (Å²) in [5, 5.41) is 1.03. The first-order valence-electron chi connectivity index (χ1n) is 9.76. The number of pyridine rings is 1. The Morgan fingerprint density at radius 3 is 2.93 bits per heavy atom. The molecule has 4 rings (SSSR count). The van der Waals surface area contributed by atoms with Crippen molar-refractivity contribution in [2.24, 2.45) is 11.8 Å². The van der Waals surface area contributed by atoms with Gasteiger partial charge in [-0.3, -0.25) is 0 Å². The second kappa shape index (κ2) is 8.44. The van der Waals surface area contributed by atoms with E-state index in [1.54, 1.807) is 0 Å². The molecule has 0 unspecified atom stereocenters. The Kier molecular flexibility index (Phi) is 6.14. The minimum absolute atomic E-state index is 0.168. The second-order valence-electron chi connectivity index (χ2n) is 7.52. The third-order valence-corrected chi connectivity index (χ3v) is 7.41. The molecule has 2 aromatic rings. The molecule has 150 valence electrons. The number of halogens is 3. The molecule has 3 atom stereocenters. The fraction of sp³-hybridized carbons (Fsp3) is 0.550. The molecule has 0 N–H and O–H groups in total. The van der Waals surface area contributed by atoms with Crippen LogP contribution in [0.2, 0.25) is 5.15 Å². The number of nitrogens with zero attached hydrogens (tertiary/aromatic N) is 4. The van der Waals surface area contributed by atoms with Crippen LogP contribution in [0, 0.1) is 17.7 Å². The Morgan fingerprint density at radius 1 is 1.36 bits per heavy atom. The highest BCUT2D eigenvalue weighted by molar-refractivity contribution is 9.10. The van der Waals surface area contributed by atoms with Crippen LogP contribution in [-0.4, -0.2) is 33.3 Å². The van der Waals surface area contributed by atoms with Gasteiger partial charge in [-0.15, -0.1) is 6.58 Å². The fourth-order valence-electron chi connectivity index (χ4n) is 4.69.